The fourth-order valence-corrected chi connectivity index (χ4v) is 4.33. The molecule has 6 heteroatoms. The lowest BCUT2D eigenvalue weighted by molar-refractivity contribution is 0.0795. The molecule has 0 atom stereocenters. The average molecular weight is 595 g/mol. The number of pyridine rings is 1. The number of nitrogens with zero attached hydrogens (tertiary/aromatic N) is 1. The summed E-state index contributed by atoms with van der Waals surface area (Å²) in [5, 5.41) is 3.16. The van der Waals surface area contributed by atoms with Gasteiger partial charge in [-0.1, -0.05) is 42.5 Å². The minimum Gasteiger partial charge on any atom is -0.492 e. The lowest BCUT2D eigenvalue weighted by Crippen LogP contribution is -2.03. The first-order chi connectivity index (χ1) is 13.6. The van der Waals surface area contributed by atoms with E-state index in [-0.39, 0.29) is 5.69 Å². The Morgan fingerprint density at radius 1 is 1.00 bits per heavy atom. The highest BCUT2D eigenvalue weighted by atomic mass is 127. The number of aromatic nitrogens is 1. The van der Waals surface area contributed by atoms with Crippen LogP contribution in [0.15, 0.2) is 60.7 Å². The number of carbonyl (C=O) groups is 1. The van der Waals surface area contributed by atoms with Crippen molar-refractivity contribution in [2.75, 3.05) is 6.61 Å². The number of hydrogen-bond acceptors (Lipinski definition) is 4. The zero-order valence-corrected chi connectivity index (χ0v) is 19.2. The molecule has 0 fully saturated rings. The molecule has 0 unspecified atom stereocenters. The third-order valence-electron chi connectivity index (χ3n) is 4.53. The Balaban J connectivity index is 2.09. The highest BCUT2D eigenvalue weighted by Crippen LogP contribution is 2.40. The summed E-state index contributed by atoms with van der Waals surface area (Å²) in [6.07, 6.45) is 0. The Morgan fingerprint density at radius 3 is 2.57 bits per heavy atom. The minimum atomic E-state index is -0.470. The van der Waals surface area contributed by atoms with E-state index < -0.39 is 5.97 Å². The Labute approximate surface area is 190 Å². The van der Waals surface area contributed by atoms with Crippen LogP contribution in [0, 0.1) is 3.57 Å². The topological polar surface area (TPSA) is 48.4 Å². The van der Waals surface area contributed by atoms with Gasteiger partial charge in [-0.05, 0) is 64.0 Å². The van der Waals surface area contributed by atoms with E-state index in [4.69, 9.17) is 7.80 Å². The number of hydrogen-bond donors (Lipinski definition) is 0. The van der Waals surface area contributed by atoms with Crippen LogP contribution in [0.2, 0.25) is 0 Å². The molecule has 0 aliphatic heterocycles. The first kappa shape index (κ1) is 19.4. The standard InChI is InChI=1S/C22H15I2NO3/c1-2-27-21-16-10-11-19(22(26)28-24)25-20(16)17(12-18(21)23)15-9-5-7-13-6-3-4-8-14(13)15/h3-12H,2H2,1H3. The molecule has 4 nitrogen and oxygen atoms in total. The van der Waals surface area contributed by atoms with Gasteiger partial charge in [0, 0.05) is 10.9 Å². The van der Waals surface area contributed by atoms with E-state index in [0.717, 1.165) is 42.1 Å². The van der Waals surface area contributed by atoms with Gasteiger partial charge in [0.05, 0.1) is 15.7 Å². The van der Waals surface area contributed by atoms with Crippen molar-refractivity contribution in [1.82, 2.24) is 4.98 Å². The Hall–Kier alpha value is -1.94. The van der Waals surface area contributed by atoms with Crippen LogP contribution in [-0.4, -0.2) is 17.6 Å². The lowest BCUT2D eigenvalue weighted by Gasteiger charge is -2.15. The molecule has 1 heterocycles. The normalized spacial score (nSPS) is 11.0. The molecular weight excluding hydrogens is 580 g/mol. The molecule has 4 rings (SSSR count). The number of rotatable bonds is 4. The van der Waals surface area contributed by atoms with Crippen LogP contribution in [0.25, 0.3) is 32.8 Å². The number of ether oxygens (including phenoxy) is 1. The molecule has 28 heavy (non-hydrogen) atoms. The van der Waals surface area contributed by atoms with Crippen molar-refractivity contribution >= 4 is 73.2 Å². The van der Waals surface area contributed by atoms with Crippen LogP contribution < -0.4 is 4.74 Å². The smallest absolute Gasteiger partial charge is 0.366 e. The van der Waals surface area contributed by atoms with Crippen molar-refractivity contribution in [2.45, 2.75) is 6.92 Å². The van der Waals surface area contributed by atoms with Gasteiger partial charge in [-0.25, -0.2) is 9.78 Å². The van der Waals surface area contributed by atoms with Gasteiger partial charge >= 0.3 is 5.97 Å². The van der Waals surface area contributed by atoms with Crippen molar-refractivity contribution in [3.05, 3.63) is 69.9 Å². The van der Waals surface area contributed by atoms with E-state index >= 15 is 0 Å². The van der Waals surface area contributed by atoms with E-state index in [2.05, 4.69) is 57.9 Å². The van der Waals surface area contributed by atoms with Crippen molar-refractivity contribution in [1.29, 1.82) is 0 Å². The van der Waals surface area contributed by atoms with E-state index in [1.54, 1.807) is 29.1 Å². The second kappa shape index (κ2) is 8.20. The number of carbonyl (C=O) groups excluding carboxylic acids is 1. The number of benzene rings is 3. The van der Waals surface area contributed by atoms with Crippen LogP contribution in [0.4, 0.5) is 0 Å². The predicted octanol–water partition coefficient (Wildman–Crippen LogP) is 6.57. The fourth-order valence-electron chi connectivity index (χ4n) is 3.35. The van der Waals surface area contributed by atoms with Crippen LogP contribution >= 0.6 is 45.6 Å². The molecule has 0 bridgehead atoms. The van der Waals surface area contributed by atoms with Gasteiger partial charge in [-0.3, -0.25) is 0 Å². The van der Waals surface area contributed by atoms with Gasteiger partial charge in [0.25, 0.3) is 0 Å². The molecule has 0 aliphatic carbocycles. The second-order valence-electron chi connectivity index (χ2n) is 6.15. The molecule has 0 N–H and O–H groups in total. The Bertz CT molecular complexity index is 1200. The van der Waals surface area contributed by atoms with Crippen LogP contribution in [0.3, 0.4) is 0 Å². The molecule has 4 aromatic rings. The zero-order valence-electron chi connectivity index (χ0n) is 14.9. The molecular formula is C22H15I2NO3. The third-order valence-corrected chi connectivity index (χ3v) is 5.73. The summed E-state index contributed by atoms with van der Waals surface area (Å²) in [6, 6.07) is 20.1. The van der Waals surface area contributed by atoms with Gasteiger partial charge in [-0.15, -0.1) is 0 Å². The first-order valence-electron chi connectivity index (χ1n) is 8.71. The SMILES string of the molecule is CCOc1c(I)cc(-c2cccc3ccccc23)c2nc(C(=O)OI)ccc12. The quantitative estimate of drug-likeness (QED) is 0.251. The monoisotopic (exact) mass is 595 g/mol. The maximum atomic E-state index is 12.1. The van der Waals surface area contributed by atoms with E-state index in [1.165, 1.54) is 0 Å². The van der Waals surface area contributed by atoms with Gasteiger partial charge in [0.1, 0.15) is 11.4 Å². The van der Waals surface area contributed by atoms with Gasteiger partial charge in [0.2, 0.25) is 0 Å². The molecule has 3 aromatic carbocycles. The van der Waals surface area contributed by atoms with E-state index in [1.807, 2.05) is 31.2 Å². The maximum absolute atomic E-state index is 12.1. The van der Waals surface area contributed by atoms with E-state index in [0.29, 0.717) is 6.61 Å². The maximum Gasteiger partial charge on any atom is 0.366 e. The van der Waals surface area contributed by atoms with Crippen molar-refractivity contribution < 1.29 is 12.6 Å². The Morgan fingerprint density at radius 2 is 1.79 bits per heavy atom. The van der Waals surface area contributed by atoms with Crippen LogP contribution in [0.5, 0.6) is 5.75 Å². The summed E-state index contributed by atoms with van der Waals surface area (Å²) >= 11 is 3.87. The molecule has 0 amide bonds. The molecule has 140 valence electrons. The van der Waals surface area contributed by atoms with Crippen LogP contribution in [0.1, 0.15) is 17.4 Å². The predicted molar refractivity (Wildman–Crippen MR) is 128 cm³/mol. The summed E-state index contributed by atoms with van der Waals surface area (Å²) in [6.45, 7) is 2.51. The van der Waals surface area contributed by atoms with Crippen molar-refractivity contribution in [3.8, 4) is 16.9 Å². The molecule has 0 spiro atoms. The summed E-state index contributed by atoms with van der Waals surface area (Å²) in [7, 11) is 0. The molecule has 0 radical (unpaired) electrons. The average Bonchev–Trinajstić information content (AvgIpc) is 2.74. The van der Waals surface area contributed by atoms with Gasteiger partial charge in [-0.2, -0.15) is 0 Å². The van der Waals surface area contributed by atoms with E-state index in [9.17, 15) is 4.79 Å². The highest BCUT2D eigenvalue weighted by Gasteiger charge is 2.18. The summed E-state index contributed by atoms with van der Waals surface area (Å²) in [4.78, 5) is 16.7. The van der Waals surface area contributed by atoms with Gasteiger partial charge < -0.3 is 7.80 Å². The minimum absolute atomic E-state index is 0.270. The third kappa shape index (κ3) is 3.43. The molecule has 1 aromatic heterocycles. The first-order valence-corrected chi connectivity index (χ1v) is 10.7. The van der Waals surface area contributed by atoms with Gasteiger partial charge in [0.15, 0.2) is 23.0 Å². The largest absolute Gasteiger partial charge is 0.492 e. The summed E-state index contributed by atoms with van der Waals surface area (Å²) in [5.74, 6) is 0.312. The second-order valence-corrected chi connectivity index (χ2v) is 7.75. The zero-order chi connectivity index (χ0) is 19.7. The molecule has 0 aliphatic rings. The van der Waals surface area contributed by atoms with Crippen molar-refractivity contribution in [3.63, 3.8) is 0 Å². The number of fused-ring (bicyclic) bond motifs is 2. The van der Waals surface area contributed by atoms with Crippen LogP contribution in [-0.2, 0) is 3.07 Å². The Kier molecular flexibility index (Phi) is 5.68. The fraction of sp³-hybridized carbons (Fsp3) is 0.0909. The summed E-state index contributed by atoms with van der Waals surface area (Å²) < 4.78 is 11.7. The molecule has 0 saturated carbocycles. The number of halogens is 2. The molecule has 0 saturated heterocycles. The lowest BCUT2D eigenvalue weighted by atomic mass is 9.96. The van der Waals surface area contributed by atoms with Crippen molar-refractivity contribution in [2.24, 2.45) is 0 Å². The highest BCUT2D eigenvalue weighted by molar-refractivity contribution is 14.1. The summed E-state index contributed by atoms with van der Waals surface area (Å²) in [5.41, 5.74) is 3.02.